The van der Waals surface area contributed by atoms with E-state index >= 15 is 0 Å². The summed E-state index contributed by atoms with van der Waals surface area (Å²) in [6.07, 6.45) is 4.67. The molecule has 1 heterocycles. The van der Waals surface area contributed by atoms with E-state index in [0.717, 1.165) is 28.6 Å². The van der Waals surface area contributed by atoms with Crippen molar-refractivity contribution in [3.8, 4) is 5.75 Å². The summed E-state index contributed by atoms with van der Waals surface area (Å²) in [5.74, 6) is 0.613. The van der Waals surface area contributed by atoms with Gasteiger partial charge in [0.25, 0.3) is 0 Å². The number of hydrogen-bond donors (Lipinski definition) is 1. The predicted octanol–water partition coefficient (Wildman–Crippen LogP) is 3.95. The van der Waals surface area contributed by atoms with E-state index in [1.54, 1.807) is 13.2 Å². The minimum absolute atomic E-state index is 0.143. The monoisotopic (exact) mass is 442 g/mol. The first-order valence-electron chi connectivity index (χ1n) is 9.21. The van der Waals surface area contributed by atoms with Crippen LogP contribution in [0.15, 0.2) is 59.1 Å². The van der Waals surface area contributed by atoms with Crippen LogP contribution in [0.4, 0.5) is 0 Å². The highest BCUT2D eigenvalue weighted by Crippen LogP contribution is 2.24. The standard InChI is InChI=1S/C22H23BrN2O3/c1-28-20-11-10-18(23)14-17(20)9-12-21(26)24-19(16-6-3-2-4-7-16)15-25-13-5-8-22(25)27/h2-4,6-7,9-12,14,19H,5,8,13,15H2,1H3,(H,24,26). The lowest BCUT2D eigenvalue weighted by Crippen LogP contribution is -2.38. The predicted molar refractivity (Wildman–Crippen MR) is 113 cm³/mol. The van der Waals surface area contributed by atoms with Gasteiger partial charge in [-0.2, -0.15) is 0 Å². The molecule has 5 nitrogen and oxygen atoms in total. The number of rotatable bonds is 7. The van der Waals surface area contributed by atoms with Gasteiger partial charge in [0.1, 0.15) is 5.75 Å². The number of nitrogens with zero attached hydrogens (tertiary/aromatic N) is 1. The third-order valence-electron chi connectivity index (χ3n) is 4.70. The summed E-state index contributed by atoms with van der Waals surface area (Å²) in [5, 5.41) is 3.03. The number of hydrogen-bond acceptors (Lipinski definition) is 3. The molecule has 3 rings (SSSR count). The maximum absolute atomic E-state index is 12.6. The highest BCUT2D eigenvalue weighted by atomic mass is 79.9. The van der Waals surface area contributed by atoms with E-state index in [2.05, 4.69) is 21.2 Å². The SMILES string of the molecule is COc1ccc(Br)cc1C=CC(=O)NC(CN1CCCC1=O)c1ccccc1. The van der Waals surface area contributed by atoms with Gasteiger partial charge in [-0.3, -0.25) is 9.59 Å². The molecular weight excluding hydrogens is 420 g/mol. The van der Waals surface area contributed by atoms with Gasteiger partial charge in [0.05, 0.1) is 13.2 Å². The van der Waals surface area contributed by atoms with Crippen molar-refractivity contribution in [3.05, 3.63) is 70.2 Å². The van der Waals surface area contributed by atoms with Crippen LogP contribution >= 0.6 is 15.9 Å². The van der Waals surface area contributed by atoms with Crippen LogP contribution in [0.5, 0.6) is 5.75 Å². The zero-order valence-corrected chi connectivity index (χ0v) is 17.3. The smallest absolute Gasteiger partial charge is 0.244 e. The van der Waals surface area contributed by atoms with Gasteiger partial charge < -0.3 is 15.0 Å². The number of carbonyl (C=O) groups is 2. The van der Waals surface area contributed by atoms with Gasteiger partial charge in [-0.05, 0) is 36.3 Å². The zero-order chi connectivity index (χ0) is 19.9. The van der Waals surface area contributed by atoms with Gasteiger partial charge in [-0.1, -0.05) is 46.3 Å². The van der Waals surface area contributed by atoms with Gasteiger partial charge in [0.15, 0.2) is 0 Å². The second-order valence-corrected chi connectivity index (χ2v) is 7.55. The molecule has 0 radical (unpaired) electrons. The fourth-order valence-corrected chi connectivity index (χ4v) is 3.64. The third-order valence-corrected chi connectivity index (χ3v) is 5.19. The molecule has 28 heavy (non-hydrogen) atoms. The molecule has 2 aromatic carbocycles. The molecule has 1 saturated heterocycles. The average molecular weight is 443 g/mol. The van der Waals surface area contributed by atoms with Gasteiger partial charge in [-0.15, -0.1) is 0 Å². The molecule has 0 spiro atoms. The number of carbonyl (C=O) groups excluding carboxylic acids is 2. The molecule has 0 bridgehead atoms. The van der Waals surface area contributed by atoms with Crippen LogP contribution in [0.3, 0.4) is 0 Å². The summed E-state index contributed by atoms with van der Waals surface area (Å²) in [5.41, 5.74) is 1.78. The Labute approximate surface area is 173 Å². The first-order valence-corrected chi connectivity index (χ1v) is 10.0. The molecule has 0 aliphatic carbocycles. The van der Waals surface area contributed by atoms with E-state index in [1.165, 1.54) is 6.08 Å². The second-order valence-electron chi connectivity index (χ2n) is 6.63. The van der Waals surface area contributed by atoms with Crippen molar-refractivity contribution in [2.24, 2.45) is 0 Å². The van der Waals surface area contributed by atoms with E-state index in [1.807, 2.05) is 53.4 Å². The number of halogens is 1. The molecule has 1 unspecified atom stereocenters. The average Bonchev–Trinajstić information content (AvgIpc) is 3.11. The van der Waals surface area contributed by atoms with Gasteiger partial charge >= 0.3 is 0 Å². The van der Waals surface area contributed by atoms with E-state index in [-0.39, 0.29) is 17.9 Å². The lowest BCUT2D eigenvalue weighted by atomic mass is 10.1. The molecular formula is C22H23BrN2O3. The minimum atomic E-state index is -0.259. The molecule has 2 aromatic rings. The summed E-state index contributed by atoms with van der Waals surface area (Å²) in [6, 6.07) is 15.1. The van der Waals surface area contributed by atoms with Gasteiger partial charge in [-0.25, -0.2) is 0 Å². The molecule has 0 saturated carbocycles. The highest BCUT2D eigenvalue weighted by molar-refractivity contribution is 9.10. The van der Waals surface area contributed by atoms with Crippen molar-refractivity contribution < 1.29 is 14.3 Å². The number of amides is 2. The van der Waals surface area contributed by atoms with Crippen LogP contribution < -0.4 is 10.1 Å². The maximum Gasteiger partial charge on any atom is 0.244 e. The number of likely N-dealkylation sites (tertiary alicyclic amines) is 1. The zero-order valence-electron chi connectivity index (χ0n) is 15.7. The fraction of sp³-hybridized carbons (Fsp3) is 0.273. The summed E-state index contributed by atoms with van der Waals surface area (Å²) in [6.45, 7) is 1.21. The highest BCUT2D eigenvalue weighted by Gasteiger charge is 2.24. The first-order chi connectivity index (χ1) is 13.6. The van der Waals surface area contributed by atoms with Crippen LogP contribution in [0, 0.1) is 0 Å². The van der Waals surface area contributed by atoms with Crippen molar-refractivity contribution >= 4 is 33.8 Å². The first kappa shape index (κ1) is 20.1. The van der Waals surface area contributed by atoms with Crippen molar-refractivity contribution in [2.45, 2.75) is 18.9 Å². The Morgan fingerprint density at radius 1 is 1.29 bits per heavy atom. The van der Waals surface area contributed by atoms with E-state index < -0.39 is 0 Å². The Morgan fingerprint density at radius 2 is 2.07 bits per heavy atom. The molecule has 2 amide bonds. The summed E-state index contributed by atoms with van der Waals surface area (Å²) >= 11 is 3.43. The third kappa shape index (κ3) is 5.23. The molecule has 0 aromatic heterocycles. The molecule has 1 aliphatic heterocycles. The van der Waals surface area contributed by atoms with Gasteiger partial charge in [0, 0.05) is 35.6 Å². The van der Waals surface area contributed by atoms with Gasteiger partial charge in [0.2, 0.25) is 11.8 Å². The second kappa shape index (κ2) is 9.55. The number of nitrogens with one attached hydrogen (secondary N) is 1. The Kier molecular flexibility index (Phi) is 6.87. The van der Waals surface area contributed by atoms with Crippen LogP contribution in [0.2, 0.25) is 0 Å². The van der Waals surface area contributed by atoms with Crippen molar-refractivity contribution in [2.75, 3.05) is 20.2 Å². The molecule has 1 fully saturated rings. The largest absolute Gasteiger partial charge is 0.496 e. The Balaban J connectivity index is 1.74. The fourth-order valence-electron chi connectivity index (χ4n) is 3.26. The van der Waals surface area contributed by atoms with Crippen molar-refractivity contribution in [1.82, 2.24) is 10.2 Å². The maximum atomic E-state index is 12.6. The Morgan fingerprint density at radius 3 is 2.75 bits per heavy atom. The van der Waals surface area contributed by atoms with Crippen LogP contribution in [-0.4, -0.2) is 36.9 Å². The molecule has 6 heteroatoms. The lowest BCUT2D eigenvalue weighted by molar-refractivity contribution is -0.128. The summed E-state index contributed by atoms with van der Waals surface area (Å²) in [4.78, 5) is 26.4. The Bertz CT molecular complexity index is 867. The lowest BCUT2D eigenvalue weighted by Gasteiger charge is -2.24. The number of methoxy groups -OCH3 is 1. The summed E-state index contributed by atoms with van der Waals surface area (Å²) in [7, 11) is 1.60. The quantitative estimate of drug-likeness (QED) is 0.660. The minimum Gasteiger partial charge on any atom is -0.496 e. The molecule has 1 aliphatic rings. The number of ether oxygens (including phenoxy) is 1. The van der Waals surface area contributed by atoms with Crippen molar-refractivity contribution in [1.29, 1.82) is 0 Å². The Hall–Kier alpha value is -2.60. The van der Waals surface area contributed by atoms with E-state index in [4.69, 9.17) is 4.74 Å². The number of benzene rings is 2. The van der Waals surface area contributed by atoms with Crippen LogP contribution in [-0.2, 0) is 9.59 Å². The molecule has 146 valence electrons. The van der Waals surface area contributed by atoms with Crippen molar-refractivity contribution in [3.63, 3.8) is 0 Å². The van der Waals surface area contributed by atoms with E-state index in [9.17, 15) is 9.59 Å². The van der Waals surface area contributed by atoms with Crippen LogP contribution in [0.1, 0.15) is 30.0 Å². The summed E-state index contributed by atoms with van der Waals surface area (Å²) < 4.78 is 6.24. The van der Waals surface area contributed by atoms with Crippen LogP contribution in [0.25, 0.3) is 6.08 Å². The molecule has 1 atom stereocenters. The normalized spacial score (nSPS) is 15.1. The van der Waals surface area contributed by atoms with E-state index in [0.29, 0.717) is 18.7 Å². The topological polar surface area (TPSA) is 58.6 Å². The molecule has 1 N–H and O–H groups in total.